The summed E-state index contributed by atoms with van der Waals surface area (Å²) in [6.07, 6.45) is 0. The second kappa shape index (κ2) is 6.72. The summed E-state index contributed by atoms with van der Waals surface area (Å²) in [5, 5.41) is 2.91. The molecule has 4 rings (SSSR count). The molecule has 3 heterocycles. The van der Waals surface area contributed by atoms with Crippen molar-refractivity contribution in [3.63, 3.8) is 0 Å². The molecular weight excluding hydrogens is 393 g/mol. The number of aromatic nitrogens is 2. The van der Waals surface area contributed by atoms with Crippen LogP contribution in [0.25, 0.3) is 22.4 Å². The third-order valence-electron chi connectivity index (χ3n) is 3.75. The molecule has 0 radical (unpaired) electrons. The predicted molar refractivity (Wildman–Crippen MR) is 104 cm³/mol. The molecular formula is C18H11Cl2N3O2S. The van der Waals surface area contributed by atoms with Gasteiger partial charge in [0.2, 0.25) is 0 Å². The Morgan fingerprint density at radius 3 is 2.62 bits per heavy atom. The number of nitrogens with zero attached hydrogens (tertiary/aromatic N) is 2. The van der Waals surface area contributed by atoms with Crippen LogP contribution in [0.5, 0.6) is 0 Å². The van der Waals surface area contributed by atoms with E-state index in [1.165, 1.54) is 0 Å². The number of benzene rings is 1. The molecule has 0 bridgehead atoms. The normalized spacial score (nSPS) is 11.0. The Kier molecular flexibility index (Phi) is 4.40. The number of carbonyl (C=O) groups is 1. The number of aryl methyl sites for hydroxylation is 1. The van der Waals surface area contributed by atoms with Crippen LogP contribution in [0.1, 0.15) is 16.2 Å². The summed E-state index contributed by atoms with van der Waals surface area (Å²) in [6, 6.07) is 13.0. The molecule has 0 saturated carbocycles. The van der Waals surface area contributed by atoms with Gasteiger partial charge in [0.05, 0.1) is 0 Å². The smallest absolute Gasteiger partial charge is 0.276 e. The van der Waals surface area contributed by atoms with Crippen LogP contribution < -0.4 is 5.32 Å². The first-order chi connectivity index (χ1) is 12.5. The van der Waals surface area contributed by atoms with Crippen molar-refractivity contribution in [3.05, 3.63) is 63.2 Å². The van der Waals surface area contributed by atoms with Crippen molar-refractivity contribution < 1.29 is 9.21 Å². The molecule has 1 amide bonds. The fraction of sp³-hybridized carbons (Fsp3) is 0.0556. The van der Waals surface area contributed by atoms with Gasteiger partial charge in [-0.25, -0.2) is 4.98 Å². The van der Waals surface area contributed by atoms with Crippen LogP contribution in [-0.4, -0.2) is 15.3 Å². The van der Waals surface area contributed by atoms with E-state index in [-0.39, 0.29) is 10.7 Å². The summed E-state index contributed by atoms with van der Waals surface area (Å²) in [5.41, 5.74) is 4.09. The molecule has 26 heavy (non-hydrogen) atoms. The zero-order valence-electron chi connectivity index (χ0n) is 13.4. The number of rotatable bonds is 3. The molecule has 0 aliphatic carbocycles. The predicted octanol–water partition coefficient (Wildman–Crippen LogP) is 5.82. The van der Waals surface area contributed by atoms with Crippen molar-refractivity contribution in [2.75, 3.05) is 5.32 Å². The summed E-state index contributed by atoms with van der Waals surface area (Å²) in [7, 11) is 0. The van der Waals surface area contributed by atoms with Gasteiger partial charge < -0.3 is 9.73 Å². The van der Waals surface area contributed by atoms with Crippen LogP contribution in [0.3, 0.4) is 0 Å². The van der Waals surface area contributed by atoms with Crippen molar-refractivity contribution in [2.45, 2.75) is 6.92 Å². The summed E-state index contributed by atoms with van der Waals surface area (Å²) in [5.74, 6) is 0.305. The van der Waals surface area contributed by atoms with Crippen LogP contribution in [0, 0.1) is 6.92 Å². The van der Waals surface area contributed by atoms with Crippen molar-refractivity contribution >= 4 is 57.4 Å². The standard InChI is InChI=1S/C18H11Cl2N3O2S/c1-9-2-7-13-12(21-9)8-14(25-13)10-3-5-11(6-4-10)22-18(24)16-15(19)17(20)26-23-16/h2-8H,1H3,(H,22,24). The molecule has 4 aromatic rings. The Labute approximate surface area is 162 Å². The minimum atomic E-state index is -0.408. The number of furan rings is 1. The summed E-state index contributed by atoms with van der Waals surface area (Å²) in [4.78, 5) is 16.7. The minimum Gasteiger partial charge on any atom is -0.454 e. The SMILES string of the molecule is Cc1ccc2oc(-c3ccc(NC(=O)c4nsc(Cl)c4Cl)cc3)cc2n1. The van der Waals surface area contributed by atoms with Crippen LogP contribution in [0.15, 0.2) is 46.9 Å². The summed E-state index contributed by atoms with van der Waals surface area (Å²) < 4.78 is 10.1. The molecule has 0 fully saturated rings. The topological polar surface area (TPSA) is 68.0 Å². The molecule has 0 saturated heterocycles. The third-order valence-corrected chi connectivity index (χ3v) is 5.36. The van der Waals surface area contributed by atoms with E-state index in [4.69, 9.17) is 27.6 Å². The fourth-order valence-corrected chi connectivity index (χ4v) is 3.47. The Hall–Kier alpha value is -2.41. The maximum absolute atomic E-state index is 12.2. The first-order valence-corrected chi connectivity index (χ1v) is 9.14. The maximum atomic E-state index is 12.2. The molecule has 0 aliphatic rings. The lowest BCUT2D eigenvalue weighted by molar-refractivity contribution is 0.102. The van der Waals surface area contributed by atoms with Gasteiger partial charge in [-0.15, -0.1) is 0 Å². The van der Waals surface area contributed by atoms with Crippen LogP contribution >= 0.6 is 34.7 Å². The molecule has 0 aliphatic heterocycles. The van der Waals surface area contributed by atoms with E-state index in [0.29, 0.717) is 15.8 Å². The van der Waals surface area contributed by atoms with E-state index in [1.807, 2.05) is 37.3 Å². The van der Waals surface area contributed by atoms with Gasteiger partial charge in [0, 0.05) is 23.0 Å². The van der Waals surface area contributed by atoms with Crippen LogP contribution in [0.4, 0.5) is 5.69 Å². The highest BCUT2D eigenvalue weighted by Gasteiger charge is 2.17. The molecule has 0 unspecified atom stereocenters. The summed E-state index contributed by atoms with van der Waals surface area (Å²) >= 11 is 12.8. The van der Waals surface area contributed by atoms with E-state index in [1.54, 1.807) is 12.1 Å². The van der Waals surface area contributed by atoms with Gasteiger partial charge in [0.25, 0.3) is 5.91 Å². The Balaban J connectivity index is 1.56. The number of anilines is 1. The van der Waals surface area contributed by atoms with Crippen molar-refractivity contribution in [2.24, 2.45) is 0 Å². The van der Waals surface area contributed by atoms with Crippen LogP contribution in [-0.2, 0) is 0 Å². The van der Waals surface area contributed by atoms with E-state index in [2.05, 4.69) is 14.7 Å². The molecule has 0 spiro atoms. The van der Waals surface area contributed by atoms with Crippen LogP contribution in [0.2, 0.25) is 9.36 Å². The van der Waals surface area contributed by atoms with Gasteiger partial charge in [-0.05, 0) is 54.9 Å². The quantitative estimate of drug-likeness (QED) is 0.467. The van der Waals surface area contributed by atoms with Crippen molar-refractivity contribution in [1.29, 1.82) is 0 Å². The molecule has 1 aromatic carbocycles. The third kappa shape index (κ3) is 3.19. The number of amides is 1. The van der Waals surface area contributed by atoms with Crippen molar-refractivity contribution in [3.8, 4) is 11.3 Å². The molecule has 5 nitrogen and oxygen atoms in total. The molecule has 0 atom stereocenters. The highest BCUT2D eigenvalue weighted by atomic mass is 35.5. The summed E-state index contributed by atoms with van der Waals surface area (Å²) in [6.45, 7) is 1.94. The van der Waals surface area contributed by atoms with Crippen molar-refractivity contribution in [1.82, 2.24) is 9.36 Å². The largest absolute Gasteiger partial charge is 0.454 e. The van der Waals surface area contributed by atoms with Gasteiger partial charge in [0.15, 0.2) is 11.3 Å². The lowest BCUT2D eigenvalue weighted by Gasteiger charge is -2.04. The minimum absolute atomic E-state index is 0.115. The van der Waals surface area contributed by atoms with Gasteiger partial charge >= 0.3 is 0 Å². The molecule has 130 valence electrons. The second-order valence-electron chi connectivity index (χ2n) is 5.60. The average Bonchev–Trinajstić information content (AvgIpc) is 3.19. The Morgan fingerprint density at radius 2 is 1.92 bits per heavy atom. The molecule has 3 aromatic heterocycles. The second-order valence-corrected chi connectivity index (χ2v) is 7.35. The fourth-order valence-electron chi connectivity index (χ4n) is 2.48. The molecule has 8 heteroatoms. The number of halogens is 2. The van der Waals surface area contributed by atoms with E-state index < -0.39 is 5.91 Å². The zero-order chi connectivity index (χ0) is 18.3. The number of pyridine rings is 1. The highest BCUT2D eigenvalue weighted by molar-refractivity contribution is 7.11. The zero-order valence-corrected chi connectivity index (χ0v) is 15.7. The van der Waals surface area contributed by atoms with Gasteiger partial charge in [-0.3, -0.25) is 4.79 Å². The average molecular weight is 404 g/mol. The number of fused-ring (bicyclic) bond motifs is 1. The van der Waals surface area contributed by atoms with E-state index in [9.17, 15) is 4.79 Å². The first kappa shape index (κ1) is 17.0. The van der Waals surface area contributed by atoms with Gasteiger partial charge in [-0.2, -0.15) is 4.37 Å². The Morgan fingerprint density at radius 1 is 1.15 bits per heavy atom. The number of carbonyl (C=O) groups excluding carboxylic acids is 1. The van der Waals surface area contributed by atoms with E-state index in [0.717, 1.165) is 33.9 Å². The lowest BCUT2D eigenvalue weighted by Crippen LogP contribution is -2.12. The highest BCUT2D eigenvalue weighted by Crippen LogP contribution is 2.31. The van der Waals surface area contributed by atoms with Gasteiger partial charge in [-0.1, -0.05) is 23.2 Å². The number of nitrogens with one attached hydrogen (secondary N) is 1. The number of hydrogen-bond donors (Lipinski definition) is 1. The van der Waals surface area contributed by atoms with E-state index >= 15 is 0 Å². The Bertz CT molecular complexity index is 1120. The maximum Gasteiger partial charge on any atom is 0.276 e. The first-order valence-electron chi connectivity index (χ1n) is 7.61. The lowest BCUT2D eigenvalue weighted by atomic mass is 10.1. The number of hydrogen-bond acceptors (Lipinski definition) is 5. The molecule has 1 N–H and O–H groups in total. The monoisotopic (exact) mass is 403 g/mol. The van der Waals surface area contributed by atoms with Gasteiger partial charge in [0.1, 0.15) is 20.6 Å².